The molecule has 0 N–H and O–H groups in total. The van der Waals surface area contributed by atoms with Crippen LogP contribution < -0.4 is 0 Å². The molecule has 19 heavy (non-hydrogen) atoms. The Morgan fingerprint density at radius 1 is 1.00 bits per heavy atom. The highest BCUT2D eigenvalue weighted by Crippen LogP contribution is 1.97. The van der Waals surface area contributed by atoms with Gasteiger partial charge in [0.15, 0.2) is 18.5 Å². The van der Waals surface area contributed by atoms with Crippen molar-refractivity contribution in [2.45, 2.75) is 39.7 Å². The minimum absolute atomic E-state index is 0.0306. The van der Waals surface area contributed by atoms with Gasteiger partial charge in [0.1, 0.15) is 0 Å². The van der Waals surface area contributed by atoms with Crippen LogP contribution in [0.4, 0.5) is 0 Å². The first kappa shape index (κ1) is 17.1. The summed E-state index contributed by atoms with van der Waals surface area (Å²) in [5, 5.41) is 0. The first-order valence-electron chi connectivity index (χ1n) is 5.82. The van der Waals surface area contributed by atoms with Gasteiger partial charge in [0.05, 0.1) is 6.61 Å². The maximum absolute atomic E-state index is 11.2. The highest BCUT2D eigenvalue weighted by Gasteiger charge is 2.15. The molecule has 0 aliphatic rings. The van der Waals surface area contributed by atoms with Gasteiger partial charge in [-0.1, -0.05) is 0 Å². The van der Waals surface area contributed by atoms with E-state index in [1.165, 1.54) is 20.8 Å². The fourth-order valence-electron chi connectivity index (χ4n) is 0.958. The molecule has 0 aliphatic heterocycles. The Kier molecular flexibility index (Phi) is 8.15. The van der Waals surface area contributed by atoms with Crippen molar-refractivity contribution in [3.8, 4) is 0 Å². The van der Waals surface area contributed by atoms with E-state index in [1.807, 2.05) is 0 Å². The largest absolute Gasteiger partial charge is 0.466 e. The van der Waals surface area contributed by atoms with Crippen molar-refractivity contribution >= 4 is 23.7 Å². The molecule has 0 heterocycles. The van der Waals surface area contributed by atoms with Crippen molar-refractivity contribution < 1.29 is 33.4 Å². The van der Waals surface area contributed by atoms with Gasteiger partial charge in [-0.05, 0) is 20.3 Å². The topological polar surface area (TPSA) is 96.0 Å². The summed E-state index contributed by atoms with van der Waals surface area (Å²) < 4.78 is 13.9. The second kappa shape index (κ2) is 9.07. The number of esters is 3. The number of ether oxygens (including phenoxy) is 3. The van der Waals surface area contributed by atoms with Gasteiger partial charge >= 0.3 is 17.9 Å². The molecule has 0 rings (SSSR count). The van der Waals surface area contributed by atoms with Gasteiger partial charge in [0.2, 0.25) is 0 Å². The van der Waals surface area contributed by atoms with E-state index in [-0.39, 0.29) is 18.8 Å². The van der Waals surface area contributed by atoms with Crippen molar-refractivity contribution in [3.63, 3.8) is 0 Å². The highest BCUT2D eigenvalue weighted by atomic mass is 16.6. The molecule has 0 saturated heterocycles. The number of Topliss-reactive ketones (excluding diaryl/α,β-unsaturated/α-hetero) is 1. The van der Waals surface area contributed by atoms with Gasteiger partial charge < -0.3 is 14.2 Å². The van der Waals surface area contributed by atoms with E-state index in [4.69, 9.17) is 0 Å². The first-order valence-corrected chi connectivity index (χ1v) is 5.82. The third kappa shape index (κ3) is 9.75. The summed E-state index contributed by atoms with van der Waals surface area (Å²) in [5.41, 5.74) is 0. The van der Waals surface area contributed by atoms with Crippen molar-refractivity contribution in [1.82, 2.24) is 0 Å². The van der Waals surface area contributed by atoms with Gasteiger partial charge in [-0.3, -0.25) is 14.4 Å². The molecule has 0 aliphatic carbocycles. The average molecular weight is 274 g/mol. The van der Waals surface area contributed by atoms with Crippen molar-refractivity contribution in [2.24, 2.45) is 0 Å². The Labute approximate surface area is 111 Å². The Balaban J connectivity index is 3.69. The van der Waals surface area contributed by atoms with Gasteiger partial charge in [-0.25, -0.2) is 4.79 Å². The van der Waals surface area contributed by atoms with E-state index >= 15 is 0 Å². The predicted molar refractivity (Wildman–Crippen MR) is 63.1 cm³/mol. The minimum atomic E-state index is -0.852. The molecule has 0 aromatic heterocycles. The molecule has 0 radical (unpaired) electrons. The molecular weight excluding hydrogens is 256 g/mol. The summed E-state index contributed by atoms with van der Waals surface area (Å²) in [4.78, 5) is 43.6. The maximum atomic E-state index is 11.2. The van der Waals surface area contributed by atoms with E-state index in [9.17, 15) is 19.2 Å². The van der Waals surface area contributed by atoms with Crippen LogP contribution >= 0.6 is 0 Å². The standard InChI is InChI=1S/C12H18O7/c1-8(13)9(2)19-12(16)7-18-11(15)5-4-6-17-10(3)14/h9H,4-7H2,1-3H3. The van der Waals surface area contributed by atoms with E-state index in [1.54, 1.807) is 0 Å². The molecule has 108 valence electrons. The van der Waals surface area contributed by atoms with E-state index in [2.05, 4.69) is 14.2 Å². The second-order valence-electron chi connectivity index (χ2n) is 3.85. The summed E-state index contributed by atoms with van der Waals surface area (Å²) in [7, 11) is 0. The molecule has 0 amide bonds. The molecule has 1 atom stereocenters. The lowest BCUT2D eigenvalue weighted by molar-refractivity contribution is -0.163. The fraction of sp³-hybridized carbons (Fsp3) is 0.667. The molecule has 0 spiro atoms. The third-order valence-corrected chi connectivity index (χ3v) is 2.06. The van der Waals surface area contributed by atoms with Crippen LogP contribution in [0.3, 0.4) is 0 Å². The Hall–Kier alpha value is -1.92. The maximum Gasteiger partial charge on any atom is 0.344 e. The van der Waals surface area contributed by atoms with Crippen LogP contribution in [-0.2, 0) is 33.4 Å². The molecular formula is C12H18O7. The molecule has 7 heteroatoms. The lowest BCUT2D eigenvalue weighted by atomic mass is 10.3. The minimum Gasteiger partial charge on any atom is -0.466 e. The number of carbonyl (C=O) groups excluding carboxylic acids is 4. The Morgan fingerprint density at radius 3 is 2.16 bits per heavy atom. The monoisotopic (exact) mass is 274 g/mol. The van der Waals surface area contributed by atoms with Gasteiger partial charge in [0, 0.05) is 13.3 Å². The summed E-state index contributed by atoms with van der Waals surface area (Å²) in [6.45, 7) is 3.57. The Bertz CT molecular complexity index is 348. The lowest BCUT2D eigenvalue weighted by Crippen LogP contribution is -2.25. The Morgan fingerprint density at radius 2 is 1.63 bits per heavy atom. The van der Waals surface area contributed by atoms with Gasteiger partial charge in [0.25, 0.3) is 0 Å². The number of carbonyl (C=O) groups is 4. The molecule has 7 nitrogen and oxygen atoms in total. The van der Waals surface area contributed by atoms with Crippen LogP contribution in [0, 0.1) is 0 Å². The van der Waals surface area contributed by atoms with Crippen LogP contribution in [0.1, 0.15) is 33.6 Å². The second-order valence-corrected chi connectivity index (χ2v) is 3.85. The molecule has 1 unspecified atom stereocenters. The molecule has 0 saturated carbocycles. The summed E-state index contributed by atoms with van der Waals surface area (Å²) in [6, 6.07) is 0. The van der Waals surface area contributed by atoms with Crippen LogP contribution in [0.5, 0.6) is 0 Å². The molecule has 0 aromatic rings. The van der Waals surface area contributed by atoms with Crippen LogP contribution in [0.25, 0.3) is 0 Å². The number of hydrogen-bond donors (Lipinski definition) is 0. The molecule has 0 aromatic carbocycles. The zero-order valence-electron chi connectivity index (χ0n) is 11.3. The molecule has 0 fully saturated rings. The highest BCUT2D eigenvalue weighted by molar-refractivity contribution is 5.84. The zero-order valence-corrected chi connectivity index (χ0v) is 11.3. The van der Waals surface area contributed by atoms with Crippen LogP contribution in [0.2, 0.25) is 0 Å². The average Bonchev–Trinajstić information content (AvgIpc) is 2.31. The summed E-state index contributed by atoms with van der Waals surface area (Å²) in [6.07, 6.45) is -0.504. The molecule has 0 bridgehead atoms. The predicted octanol–water partition coefficient (Wildman–Crippen LogP) is 0.394. The number of rotatable bonds is 8. The van der Waals surface area contributed by atoms with Crippen LogP contribution in [-0.4, -0.2) is 43.0 Å². The van der Waals surface area contributed by atoms with E-state index in [0.29, 0.717) is 6.42 Å². The van der Waals surface area contributed by atoms with Crippen LogP contribution in [0.15, 0.2) is 0 Å². The van der Waals surface area contributed by atoms with Crippen molar-refractivity contribution in [3.05, 3.63) is 0 Å². The van der Waals surface area contributed by atoms with E-state index in [0.717, 1.165) is 0 Å². The third-order valence-electron chi connectivity index (χ3n) is 2.06. The zero-order chi connectivity index (χ0) is 14.8. The summed E-state index contributed by atoms with van der Waals surface area (Å²) >= 11 is 0. The number of ketones is 1. The first-order chi connectivity index (χ1) is 8.82. The normalized spacial score (nSPS) is 11.3. The lowest BCUT2D eigenvalue weighted by Gasteiger charge is -2.10. The quantitative estimate of drug-likeness (QED) is 0.359. The summed E-state index contributed by atoms with van der Waals surface area (Å²) in [5.74, 6) is -2.09. The van der Waals surface area contributed by atoms with E-state index < -0.39 is 30.6 Å². The SMILES string of the molecule is CC(=O)OCCCC(=O)OCC(=O)OC(C)C(C)=O. The number of hydrogen-bond acceptors (Lipinski definition) is 7. The van der Waals surface area contributed by atoms with Crippen molar-refractivity contribution in [1.29, 1.82) is 0 Å². The van der Waals surface area contributed by atoms with Gasteiger partial charge in [-0.15, -0.1) is 0 Å². The smallest absolute Gasteiger partial charge is 0.344 e. The van der Waals surface area contributed by atoms with Crippen molar-refractivity contribution in [2.75, 3.05) is 13.2 Å². The van der Waals surface area contributed by atoms with Gasteiger partial charge in [-0.2, -0.15) is 0 Å². The fourth-order valence-corrected chi connectivity index (χ4v) is 0.958.